The van der Waals surface area contributed by atoms with Crippen LogP contribution >= 0.6 is 0 Å². The molecule has 0 N–H and O–H groups in total. The largest absolute Gasteiger partial charge is 0.452 e. The van der Waals surface area contributed by atoms with Crippen LogP contribution in [0.15, 0.2) is 40.8 Å². The molecule has 2 heterocycles. The Morgan fingerprint density at radius 3 is 2.42 bits per heavy atom. The lowest BCUT2D eigenvalue weighted by atomic mass is 10.1. The maximum absolute atomic E-state index is 12.8. The summed E-state index contributed by atoms with van der Waals surface area (Å²) in [5.41, 5.74) is 0.371. The number of benzene rings is 1. The maximum Gasteiger partial charge on any atom is 0.228 e. The predicted octanol–water partition coefficient (Wildman–Crippen LogP) is 2.70. The van der Waals surface area contributed by atoms with Crippen molar-refractivity contribution in [3.05, 3.63) is 59.3 Å². The van der Waals surface area contributed by atoms with Gasteiger partial charge in [0.25, 0.3) is 0 Å². The molecule has 5 heteroatoms. The minimum absolute atomic E-state index is 0.181. The maximum atomic E-state index is 12.8. The van der Waals surface area contributed by atoms with Crippen LogP contribution in [-0.2, 0) is 9.47 Å². The van der Waals surface area contributed by atoms with Crippen molar-refractivity contribution in [2.45, 2.75) is 6.29 Å². The van der Waals surface area contributed by atoms with Gasteiger partial charge in [0.2, 0.25) is 12.1 Å². The van der Waals surface area contributed by atoms with E-state index < -0.39 is 6.29 Å². The molecule has 1 aliphatic heterocycles. The number of furan rings is 1. The van der Waals surface area contributed by atoms with E-state index in [9.17, 15) is 9.18 Å². The molecule has 3 rings (SSSR count). The number of halogens is 1. The molecule has 1 aromatic heterocycles. The lowest BCUT2D eigenvalue weighted by Gasteiger charge is -2.04. The quantitative estimate of drug-likeness (QED) is 0.798. The second-order valence-electron chi connectivity index (χ2n) is 4.11. The van der Waals surface area contributed by atoms with E-state index in [4.69, 9.17) is 13.9 Å². The van der Waals surface area contributed by atoms with E-state index in [1.165, 1.54) is 24.3 Å². The van der Waals surface area contributed by atoms with Crippen LogP contribution in [-0.4, -0.2) is 19.0 Å². The van der Waals surface area contributed by atoms with Crippen molar-refractivity contribution in [1.82, 2.24) is 0 Å². The van der Waals surface area contributed by atoms with Crippen LogP contribution < -0.4 is 0 Å². The number of ketones is 1. The Morgan fingerprint density at radius 1 is 1.05 bits per heavy atom. The molecule has 1 aromatic carbocycles. The van der Waals surface area contributed by atoms with Crippen molar-refractivity contribution in [1.29, 1.82) is 0 Å². The zero-order valence-electron chi connectivity index (χ0n) is 9.97. The van der Waals surface area contributed by atoms with Gasteiger partial charge in [-0.3, -0.25) is 4.79 Å². The van der Waals surface area contributed by atoms with Gasteiger partial charge in [-0.1, -0.05) is 0 Å². The summed E-state index contributed by atoms with van der Waals surface area (Å²) < 4.78 is 28.8. The van der Waals surface area contributed by atoms with Crippen molar-refractivity contribution in [3.63, 3.8) is 0 Å². The summed E-state index contributed by atoms with van der Waals surface area (Å²) in [6.07, 6.45) is -0.547. The van der Waals surface area contributed by atoms with Crippen LogP contribution in [0.5, 0.6) is 0 Å². The Hall–Kier alpha value is -1.98. The van der Waals surface area contributed by atoms with Gasteiger partial charge in [-0.2, -0.15) is 0 Å². The minimum atomic E-state index is -0.547. The van der Waals surface area contributed by atoms with Gasteiger partial charge in [0.15, 0.2) is 11.5 Å². The fourth-order valence-electron chi connectivity index (χ4n) is 1.87. The van der Waals surface area contributed by atoms with Gasteiger partial charge in [0, 0.05) is 5.56 Å². The van der Waals surface area contributed by atoms with E-state index in [0.29, 0.717) is 24.5 Å². The molecule has 1 saturated heterocycles. The van der Waals surface area contributed by atoms with Crippen LogP contribution in [0.2, 0.25) is 0 Å². The Labute approximate surface area is 108 Å². The van der Waals surface area contributed by atoms with Crippen LogP contribution in [0, 0.1) is 5.82 Å². The molecule has 2 aromatic rings. The zero-order valence-corrected chi connectivity index (χ0v) is 9.97. The summed E-state index contributed by atoms with van der Waals surface area (Å²) in [4.78, 5) is 12.1. The Kier molecular flexibility index (Phi) is 3.15. The average Bonchev–Trinajstić information content (AvgIpc) is 3.10. The van der Waals surface area contributed by atoms with Crippen LogP contribution in [0.25, 0.3) is 0 Å². The zero-order chi connectivity index (χ0) is 13.2. The second-order valence-corrected chi connectivity index (χ2v) is 4.11. The molecule has 98 valence electrons. The SMILES string of the molecule is O=C(c1ccc(F)cc1)c1ccc(C2OCCO2)o1. The van der Waals surface area contributed by atoms with Gasteiger partial charge in [0.05, 0.1) is 13.2 Å². The van der Waals surface area contributed by atoms with Gasteiger partial charge in [0.1, 0.15) is 5.82 Å². The third kappa shape index (κ3) is 2.43. The number of ether oxygens (including phenoxy) is 2. The Balaban J connectivity index is 1.82. The smallest absolute Gasteiger partial charge is 0.228 e. The Bertz CT molecular complexity index is 582. The Morgan fingerprint density at radius 2 is 1.74 bits per heavy atom. The number of carbonyl (C=O) groups excluding carboxylic acids is 1. The summed E-state index contributed by atoms with van der Waals surface area (Å²) in [6.45, 7) is 1.01. The molecule has 1 fully saturated rings. The first-order valence-electron chi connectivity index (χ1n) is 5.87. The van der Waals surface area contributed by atoms with Gasteiger partial charge in [-0.05, 0) is 36.4 Å². The molecular formula is C14H11FO4. The van der Waals surface area contributed by atoms with E-state index in [1.807, 2.05) is 0 Å². The van der Waals surface area contributed by atoms with Crippen LogP contribution in [0.4, 0.5) is 4.39 Å². The molecular weight excluding hydrogens is 251 g/mol. The first kappa shape index (κ1) is 12.1. The highest BCUT2D eigenvalue weighted by Crippen LogP contribution is 2.25. The monoisotopic (exact) mass is 262 g/mol. The predicted molar refractivity (Wildman–Crippen MR) is 63.2 cm³/mol. The van der Waals surface area contributed by atoms with E-state index in [2.05, 4.69) is 0 Å². The van der Waals surface area contributed by atoms with E-state index >= 15 is 0 Å². The summed E-state index contributed by atoms with van der Waals surface area (Å²) in [5, 5.41) is 0. The third-order valence-corrected chi connectivity index (χ3v) is 2.81. The summed E-state index contributed by atoms with van der Waals surface area (Å²) in [5.74, 6) is -0.0441. The van der Waals surface area contributed by atoms with Crippen molar-refractivity contribution in [3.8, 4) is 0 Å². The summed E-state index contributed by atoms with van der Waals surface area (Å²) in [6, 6.07) is 8.52. The number of hydrogen-bond acceptors (Lipinski definition) is 4. The van der Waals surface area contributed by atoms with E-state index in [1.54, 1.807) is 12.1 Å². The van der Waals surface area contributed by atoms with Gasteiger partial charge in [-0.15, -0.1) is 0 Å². The van der Waals surface area contributed by atoms with Crippen molar-refractivity contribution < 1.29 is 23.1 Å². The number of carbonyl (C=O) groups is 1. The standard InChI is InChI=1S/C14H11FO4/c15-10-3-1-9(2-4-10)13(16)11-5-6-12(19-11)14-17-7-8-18-14/h1-6,14H,7-8H2. The van der Waals surface area contributed by atoms with Crippen LogP contribution in [0.1, 0.15) is 28.2 Å². The molecule has 19 heavy (non-hydrogen) atoms. The fraction of sp³-hybridized carbons (Fsp3) is 0.214. The molecule has 0 unspecified atom stereocenters. The average molecular weight is 262 g/mol. The summed E-state index contributed by atoms with van der Waals surface area (Å²) in [7, 11) is 0. The molecule has 0 atom stereocenters. The van der Waals surface area contributed by atoms with E-state index in [-0.39, 0.29) is 17.4 Å². The van der Waals surface area contributed by atoms with Gasteiger partial charge >= 0.3 is 0 Å². The molecule has 0 radical (unpaired) electrons. The van der Waals surface area contributed by atoms with Gasteiger partial charge < -0.3 is 13.9 Å². The lowest BCUT2D eigenvalue weighted by Crippen LogP contribution is -2.00. The molecule has 0 spiro atoms. The first-order chi connectivity index (χ1) is 9.24. The molecule has 1 aliphatic rings. The van der Waals surface area contributed by atoms with Crippen molar-refractivity contribution >= 4 is 5.78 Å². The topological polar surface area (TPSA) is 48.7 Å². The highest BCUT2D eigenvalue weighted by molar-refractivity contribution is 6.07. The molecule has 0 bridgehead atoms. The fourth-order valence-corrected chi connectivity index (χ4v) is 1.87. The van der Waals surface area contributed by atoms with E-state index in [0.717, 1.165) is 0 Å². The summed E-state index contributed by atoms with van der Waals surface area (Å²) >= 11 is 0. The van der Waals surface area contributed by atoms with Crippen molar-refractivity contribution in [2.24, 2.45) is 0 Å². The highest BCUT2D eigenvalue weighted by Gasteiger charge is 2.23. The lowest BCUT2D eigenvalue weighted by molar-refractivity contribution is -0.0591. The third-order valence-electron chi connectivity index (χ3n) is 2.81. The minimum Gasteiger partial charge on any atom is -0.452 e. The second kappa shape index (κ2) is 4.95. The van der Waals surface area contributed by atoms with Crippen molar-refractivity contribution in [2.75, 3.05) is 13.2 Å². The molecule has 0 saturated carbocycles. The number of hydrogen-bond donors (Lipinski definition) is 0. The first-order valence-corrected chi connectivity index (χ1v) is 5.87. The highest BCUT2D eigenvalue weighted by atomic mass is 19.1. The van der Waals surface area contributed by atoms with Crippen LogP contribution in [0.3, 0.4) is 0 Å². The normalized spacial score (nSPS) is 15.8. The molecule has 0 aliphatic carbocycles. The molecule has 0 amide bonds. The molecule has 4 nitrogen and oxygen atoms in total. The van der Waals surface area contributed by atoms with Gasteiger partial charge in [-0.25, -0.2) is 4.39 Å². The number of rotatable bonds is 3.